The van der Waals surface area contributed by atoms with Crippen molar-refractivity contribution >= 4 is 23.3 Å². The number of esters is 1. The van der Waals surface area contributed by atoms with Crippen LogP contribution in [0.15, 0.2) is 30.4 Å². The van der Waals surface area contributed by atoms with Gasteiger partial charge in [-0.1, -0.05) is 13.0 Å². The predicted octanol–water partition coefficient (Wildman–Crippen LogP) is 3.45. The Labute approximate surface area is 140 Å². The van der Waals surface area contributed by atoms with E-state index in [1.165, 1.54) is 13.0 Å². The molecule has 0 aliphatic rings. The molecule has 1 aromatic rings. The zero-order valence-corrected chi connectivity index (χ0v) is 13.3. The Kier molecular flexibility index (Phi) is 6.66. The number of nitro benzene ring substituents is 1. The van der Waals surface area contributed by atoms with Gasteiger partial charge in [0, 0.05) is 18.2 Å². The van der Waals surface area contributed by atoms with Crippen LogP contribution >= 0.6 is 0 Å². The topological polar surface area (TPSA) is 98.5 Å². The van der Waals surface area contributed by atoms with E-state index in [-0.39, 0.29) is 0 Å². The van der Waals surface area contributed by atoms with Gasteiger partial charge in [-0.25, -0.2) is 4.79 Å². The van der Waals surface area contributed by atoms with Gasteiger partial charge in [-0.2, -0.15) is 13.2 Å². The number of ether oxygens (including phenoxy) is 1. The number of anilines is 1. The summed E-state index contributed by atoms with van der Waals surface area (Å²) in [5, 5.41) is 12.6. The van der Waals surface area contributed by atoms with Crippen LogP contribution in [0.4, 0.5) is 24.5 Å². The molecule has 0 heterocycles. The first kappa shape index (κ1) is 20.1. The Bertz CT molecular complexity index is 701. The van der Waals surface area contributed by atoms with E-state index in [4.69, 9.17) is 4.74 Å². The number of non-ortho nitro benzene ring substituents is 1. The molecule has 0 bridgehead atoms. The SMILES string of the molecule is CC/C=C/C(=O)O[C@@H](C)C(=O)Nc1ccc([N+](=O)[O-])cc1C(F)(F)F. The van der Waals surface area contributed by atoms with Crippen molar-refractivity contribution in [2.75, 3.05) is 5.32 Å². The van der Waals surface area contributed by atoms with Crippen LogP contribution in [0.1, 0.15) is 25.8 Å². The third-order valence-corrected chi connectivity index (χ3v) is 2.93. The van der Waals surface area contributed by atoms with E-state index in [1.54, 1.807) is 6.92 Å². The molecule has 0 aromatic heterocycles. The first-order valence-electron chi connectivity index (χ1n) is 7.10. The summed E-state index contributed by atoms with van der Waals surface area (Å²) in [7, 11) is 0. The van der Waals surface area contributed by atoms with E-state index < -0.39 is 46.0 Å². The number of nitrogens with zero attached hydrogens (tertiary/aromatic N) is 1. The Balaban J connectivity index is 2.98. The van der Waals surface area contributed by atoms with E-state index in [1.807, 2.05) is 5.32 Å². The quantitative estimate of drug-likeness (QED) is 0.363. The highest BCUT2D eigenvalue weighted by Gasteiger charge is 2.36. The highest BCUT2D eigenvalue weighted by molar-refractivity contribution is 5.96. The number of halogens is 3. The second-order valence-corrected chi connectivity index (χ2v) is 4.86. The molecule has 0 spiro atoms. The number of alkyl halides is 3. The fourth-order valence-electron chi connectivity index (χ4n) is 1.70. The van der Waals surface area contributed by atoms with Gasteiger partial charge in [0.05, 0.1) is 16.2 Å². The lowest BCUT2D eigenvalue weighted by Gasteiger charge is -2.16. The van der Waals surface area contributed by atoms with Gasteiger partial charge in [0.1, 0.15) is 0 Å². The molecular formula is C15H15F3N2O5. The van der Waals surface area contributed by atoms with Gasteiger partial charge in [0.15, 0.2) is 6.10 Å². The first-order chi connectivity index (χ1) is 11.6. The average Bonchev–Trinajstić information content (AvgIpc) is 2.51. The van der Waals surface area contributed by atoms with Gasteiger partial charge >= 0.3 is 12.1 Å². The number of allylic oxidation sites excluding steroid dienone is 1. The zero-order chi connectivity index (χ0) is 19.2. The van der Waals surface area contributed by atoms with Crippen molar-refractivity contribution in [2.24, 2.45) is 0 Å². The van der Waals surface area contributed by atoms with E-state index in [2.05, 4.69) is 0 Å². The fraction of sp³-hybridized carbons (Fsp3) is 0.333. The van der Waals surface area contributed by atoms with Crippen molar-refractivity contribution in [1.29, 1.82) is 0 Å². The van der Waals surface area contributed by atoms with Crippen molar-refractivity contribution < 1.29 is 32.4 Å². The maximum absolute atomic E-state index is 13.0. The van der Waals surface area contributed by atoms with Crippen molar-refractivity contribution in [1.82, 2.24) is 0 Å². The maximum Gasteiger partial charge on any atom is 0.418 e. The van der Waals surface area contributed by atoms with Gasteiger partial charge < -0.3 is 10.1 Å². The molecular weight excluding hydrogens is 345 g/mol. The van der Waals surface area contributed by atoms with E-state index >= 15 is 0 Å². The fourth-order valence-corrected chi connectivity index (χ4v) is 1.70. The Morgan fingerprint density at radius 3 is 2.56 bits per heavy atom. The highest BCUT2D eigenvalue weighted by Crippen LogP contribution is 2.37. The normalized spacial score (nSPS) is 12.7. The minimum Gasteiger partial charge on any atom is -0.449 e. The monoisotopic (exact) mass is 360 g/mol. The molecule has 7 nitrogen and oxygen atoms in total. The van der Waals surface area contributed by atoms with E-state index in [0.717, 1.165) is 18.2 Å². The molecule has 1 rings (SSSR count). The van der Waals surface area contributed by atoms with Crippen LogP contribution in [0.25, 0.3) is 0 Å². The summed E-state index contributed by atoms with van der Waals surface area (Å²) in [5.41, 5.74) is -2.82. The number of nitrogens with one attached hydrogen (secondary N) is 1. The van der Waals surface area contributed by atoms with Gasteiger partial charge in [0.25, 0.3) is 11.6 Å². The molecule has 0 fully saturated rings. The Morgan fingerprint density at radius 2 is 2.04 bits per heavy atom. The zero-order valence-electron chi connectivity index (χ0n) is 13.3. The summed E-state index contributed by atoms with van der Waals surface area (Å²) in [6.45, 7) is 2.96. The number of hydrogen-bond acceptors (Lipinski definition) is 5. The summed E-state index contributed by atoms with van der Waals surface area (Å²) < 4.78 is 43.8. The van der Waals surface area contributed by atoms with Crippen molar-refractivity contribution in [3.8, 4) is 0 Å². The molecule has 0 unspecified atom stereocenters. The third-order valence-electron chi connectivity index (χ3n) is 2.93. The Morgan fingerprint density at radius 1 is 1.40 bits per heavy atom. The van der Waals surface area contributed by atoms with Crippen LogP contribution < -0.4 is 5.32 Å². The smallest absolute Gasteiger partial charge is 0.418 e. The number of carbonyl (C=O) groups is 2. The average molecular weight is 360 g/mol. The third kappa shape index (κ3) is 5.90. The van der Waals surface area contributed by atoms with Crippen LogP contribution in [-0.2, 0) is 20.5 Å². The van der Waals surface area contributed by atoms with Crippen LogP contribution in [-0.4, -0.2) is 22.9 Å². The van der Waals surface area contributed by atoms with Crippen molar-refractivity contribution in [3.05, 3.63) is 46.0 Å². The lowest BCUT2D eigenvalue weighted by Crippen LogP contribution is -2.30. The molecule has 0 aliphatic carbocycles. The minimum atomic E-state index is -4.92. The molecule has 1 amide bonds. The summed E-state index contributed by atoms with van der Waals surface area (Å²) in [4.78, 5) is 32.9. The van der Waals surface area contributed by atoms with Gasteiger partial charge in [-0.3, -0.25) is 14.9 Å². The summed E-state index contributed by atoms with van der Waals surface area (Å²) in [6.07, 6.45) is -3.13. The highest BCUT2D eigenvalue weighted by atomic mass is 19.4. The summed E-state index contributed by atoms with van der Waals surface area (Å²) in [5.74, 6) is -1.82. The lowest BCUT2D eigenvalue weighted by atomic mass is 10.1. The van der Waals surface area contributed by atoms with Gasteiger partial charge in [0.2, 0.25) is 0 Å². The van der Waals surface area contributed by atoms with Crippen LogP contribution in [0.5, 0.6) is 0 Å². The molecule has 0 radical (unpaired) electrons. The standard InChI is InChI=1S/C15H15F3N2O5/c1-3-4-5-13(21)25-9(2)14(22)19-12-7-6-10(20(23)24)8-11(12)15(16,17)18/h4-9H,3H2,1-2H3,(H,19,22)/b5-4+/t9-/m0/s1. The molecule has 1 atom stereocenters. The predicted molar refractivity (Wildman–Crippen MR) is 81.7 cm³/mol. The van der Waals surface area contributed by atoms with Gasteiger partial charge in [-0.15, -0.1) is 0 Å². The summed E-state index contributed by atoms with van der Waals surface area (Å²) >= 11 is 0. The number of rotatable bonds is 6. The number of carbonyl (C=O) groups excluding carboxylic acids is 2. The van der Waals surface area contributed by atoms with E-state index in [9.17, 15) is 32.9 Å². The van der Waals surface area contributed by atoms with Crippen LogP contribution in [0.3, 0.4) is 0 Å². The molecule has 10 heteroatoms. The maximum atomic E-state index is 13.0. The molecule has 0 aliphatic heterocycles. The first-order valence-corrected chi connectivity index (χ1v) is 7.10. The molecule has 1 aromatic carbocycles. The molecule has 136 valence electrons. The van der Waals surface area contributed by atoms with Crippen LogP contribution in [0.2, 0.25) is 0 Å². The lowest BCUT2D eigenvalue weighted by molar-refractivity contribution is -0.385. The minimum absolute atomic E-state index is 0.316. The van der Waals surface area contributed by atoms with E-state index in [0.29, 0.717) is 12.5 Å². The number of hydrogen-bond donors (Lipinski definition) is 1. The van der Waals surface area contributed by atoms with Crippen molar-refractivity contribution in [2.45, 2.75) is 32.5 Å². The van der Waals surface area contributed by atoms with Gasteiger partial charge in [-0.05, 0) is 19.4 Å². The number of benzene rings is 1. The molecule has 25 heavy (non-hydrogen) atoms. The number of amides is 1. The summed E-state index contributed by atoms with van der Waals surface area (Å²) in [6, 6.07) is 1.91. The largest absolute Gasteiger partial charge is 0.449 e. The second-order valence-electron chi connectivity index (χ2n) is 4.86. The van der Waals surface area contributed by atoms with Crippen molar-refractivity contribution in [3.63, 3.8) is 0 Å². The van der Waals surface area contributed by atoms with Crippen LogP contribution in [0, 0.1) is 10.1 Å². The molecule has 1 N–H and O–H groups in total. The number of nitro groups is 1. The molecule has 0 saturated heterocycles. The second kappa shape index (κ2) is 8.27. The molecule has 0 saturated carbocycles. The Hall–Kier alpha value is -2.91.